The Bertz CT molecular complexity index is 606. The van der Waals surface area contributed by atoms with Crippen LogP contribution >= 0.6 is 15.9 Å². The topological polar surface area (TPSA) is 74.7 Å². The Morgan fingerprint density at radius 2 is 1.95 bits per heavy atom. The Balaban J connectivity index is 3.13. The number of hydrogen-bond donors (Lipinski definition) is 1. The minimum Gasteiger partial charge on any atom is -0.481 e. The normalized spacial score (nSPS) is 11.8. The molecule has 106 valence electrons. The fraction of sp³-hybridized carbons (Fsp3) is 0.300. The number of carbonyl (C=O) groups is 1. The molecule has 0 unspecified atom stereocenters. The van der Waals surface area contributed by atoms with Gasteiger partial charge in [0.25, 0.3) is 0 Å². The number of carboxylic acids is 1. The first kappa shape index (κ1) is 16.0. The monoisotopic (exact) mass is 357 g/mol. The zero-order valence-corrected chi connectivity index (χ0v) is 12.1. The van der Waals surface area contributed by atoms with Crippen LogP contribution in [0.15, 0.2) is 21.5 Å². The summed E-state index contributed by atoms with van der Waals surface area (Å²) >= 11 is 2.77. The smallest absolute Gasteiger partial charge is 0.304 e. The van der Waals surface area contributed by atoms with Crippen LogP contribution in [0, 0.1) is 11.6 Å². The van der Waals surface area contributed by atoms with E-state index in [0.29, 0.717) is 10.4 Å². The molecule has 0 aliphatic carbocycles. The number of aliphatic carboxylic acids is 1. The Morgan fingerprint density at radius 1 is 1.37 bits per heavy atom. The number of hydrogen-bond acceptors (Lipinski definition) is 3. The maximum atomic E-state index is 13.5. The van der Waals surface area contributed by atoms with Gasteiger partial charge in [0.15, 0.2) is 0 Å². The first-order valence-corrected chi connectivity index (χ1v) is 7.22. The summed E-state index contributed by atoms with van der Waals surface area (Å²) in [6, 6.07) is 1.25. The molecule has 0 spiro atoms. The lowest BCUT2D eigenvalue weighted by molar-refractivity contribution is -0.137. The Morgan fingerprint density at radius 3 is 2.47 bits per heavy atom. The highest BCUT2D eigenvalue weighted by molar-refractivity contribution is 9.10. The van der Waals surface area contributed by atoms with Crippen LogP contribution in [0.3, 0.4) is 0 Å². The van der Waals surface area contributed by atoms with Crippen molar-refractivity contribution < 1.29 is 27.1 Å². The highest BCUT2D eigenvalue weighted by atomic mass is 79.9. The van der Waals surface area contributed by atoms with Crippen molar-refractivity contribution in [3.63, 3.8) is 0 Å². The Kier molecular flexibility index (Phi) is 4.99. The molecule has 0 saturated carbocycles. The fourth-order valence-corrected chi connectivity index (χ4v) is 2.98. The predicted molar refractivity (Wildman–Crippen MR) is 66.1 cm³/mol. The van der Waals surface area contributed by atoms with E-state index in [0.717, 1.165) is 13.1 Å². The Hall–Kier alpha value is -1.06. The summed E-state index contributed by atoms with van der Waals surface area (Å²) < 4.78 is 51.0. The highest BCUT2D eigenvalue weighted by Gasteiger charge is 2.26. The number of benzene rings is 1. The molecule has 5 nitrogen and oxygen atoms in total. The molecule has 1 rings (SSSR count). The molecule has 0 radical (unpaired) electrons. The number of nitrogens with zero attached hydrogens (tertiary/aromatic N) is 1. The molecule has 0 aromatic heterocycles. The molecule has 19 heavy (non-hydrogen) atoms. The van der Waals surface area contributed by atoms with Gasteiger partial charge in [-0.1, -0.05) is 0 Å². The van der Waals surface area contributed by atoms with Crippen LogP contribution in [-0.2, 0) is 14.8 Å². The molecule has 1 aromatic carbocycles. The van der Waals surface area contributed by atoms with Crippen molar-refractivity contribution in [1.82, 2.24) is 4.31 Å². The molecular formula is C10H10BrF2NO4S. The lowest BCUT2D eigenvalue weighted by atomic mass is 10.3. The van der Waals surface area contributed by atoms with E-state index >= 15 is 0 Å². The molecule has 1 aromatic rings. The van der Waals surface area contributed by atoms with E-state index in [9.17, 15) is 22.0 Å². The van der Waals surface area contributed by atoms with E-state index < -0.39 is 38.9 Å². The van der Waals surface area contributed by atoms with Gasteiger partial charge in [-0.15, -0.1) is 0 Å². The van der Waals surface area contributed by atoms with E-state index in [-0.39, 0.29) is 11.0 Å². The summed E-state index contributed by atoms with van der Waals surface area (Å²) in [7, 11) is -3.09. The summed E-state index contributed by atoms with van der Waals surface area (Å²) in [5.74, 6) is -3.34. The first-order valence-electron chi connectivity index (χ1n) is 4.99. The third-order valence-corrected chi connectivity index (χ3v) is 4.78. The summed E-state index contributed by atoms with van der Waals surface area (Å²) in [5, 5.41) is 8.48. The van der Waals surface area contributed by atoms with Crippen molar-refractivity contribution in [1.29, 1.82) is 0 Å². The van der Waals surface area contributed by atoms with Crippen LogP contribution in [0.4, 0.5) is 8.78 Å². The van der Waals surface area contributed by atoms with Crippen molar-refractivity contribution in [2.75, 3.05) is 13.6 Å². The van der Waals surface area contributed by atoms with Crippen molar-refractivity contribution in [3.8, 4) is 0 Å². The van der Waals surface area contributed by atoms with Gasteiger partial charge in [0.2, 0.25) is 10.0 Å². The van der Waals surface area contributed by atoms with E-state index in [1.54, 1.807) is 0 Å². The molecular weight excluding hydrogens is 348 g/mol. The third kappa shape index (κ3) is 3.71. The summed E-state index contributed by atoms with van der Waals surface area (Å²) in [6.45, 7) is -0.313. The van der Waals surface area contributed by atoms with E-state index in [1.165, 1.54) is 0 Å². The van der Waals surface area contributed by atoms with Gasteiger partial charge in [-0.05, 0) is 22.0 Å². The zero-order chi connectivity index (χ0) is 14.8. The van der Waals surface area contributed by atoms with Gasteiger partial charge < -0.3 is 5.11 Å². The quantitative estimate of drug-likeness (QED) is 0.815. The standard InChI is InChI=1S/C10H10BrF2NO4S/c1-14(3-2-10(15)16)19(17,18)9-4-6(11)7(12)5-8(9)13/h4-5H,2-3H2,1H3,(H,15,16). The first-order chi connectivity index (χ1) is 8.66. The van der Waals surface area contributed by atoms with Gasteiger partial charge in [0.1, 0.15) is 16.5 Å². The van der Waals surface area contributed by atoms with Crippen LogP contribution in [0.1, 0.15) is 6.42 Å². The molecule has 0 bridgehead atoms. The van der Waals surface area contributed by atoms with Crippen LogP contribution in [0.25, 0.3) is 0 Å². The van der Waals surface area contributed by atoms with Gasteiger partial charge in [-0.3, -0.25) is 4.79 Å². The zero-order valence-electron chi connectivity index (χ0n) is 9.73. The average molecular weight is 358 g/mol. The van der Waals surface area contributed by atoms with Crippen molar-refractivity contribution in [2.24, 2.45) is 0 Å². The maximum Gasteiger partial charge on any atom is 0.304 e. The summed E-state index contributed by atoms with van der Waals surface area (Å²) in [4.78, 5) is 9.67. The van der Waals surface area contributed by atoms with Crippen LogP contribution in [0.5, 0.6) is 0 Å². The summed E-state index contributed by atoms with van der Waals surface area (Å²) in [5.41, 5.74) is 0. The lowest BCUT2D eigenvalue weighted by Crippen LogP contribution is -2.30. The molecule has 0 aliphatic rings. The van der Waals surface area contributed by atoms with E-state index in [4.69, 9.17) is 5.11 Å². The minimum absolute atomic E-state index is 0.195. The Labute approximate surface area is 117 Å². The van der Waals surface area contributed by atoms with Crippen LogP contribution in [-0.4, -0.2) is 37.4 Å². The van der Waals surface area contributed by atoms with Crippen LogP contribution < -0.4 is 0 Å². The predicted octanol–water partition coefficient (Wildman–Crippen LogP) is 1.82. The second-order valence-electron chi connectivity index (χ2n) is 3.67. The SMILES string of the molecule is CN(CCC(=O)O)S(=O)(=O)c1cc(Br)c(F)cc1F. The second-order valence-corrected chi connectivity index (χ2v) is 6.53. The number of halogens is 3. The average Bonchev–Trinajstić information content (AvgIpc) is 2.30. The summed E-state index contributed by atoms with van der Waals surface area (Å²) in [6.07, 6.45) is -0.417. The molecule has 0 amide bonds. The highest BCUT2D eigenvalue weighted by Crippen LogP contribution is 2.25. The fourth-order valence-electron chi connectivity index (χ4n) is 1.24. The van der Waals surface area contributed by atoms with Gasteiger partial charge in [0.05, 0.1) is 10.9 Å². The molecule has 0 saturated heterocycles. The van der Waals surface area contributed by atoms with E-state index in [1.807, 2.05) is 0 Å². The number of sulfonamides is 1. The number of carboxylic acid groups (broad SMARTS) is 1. The van der Waals surface area contributed by atoms with Gasteiger partial charge in [-0.25, -0.2) is 21.5 Å². The van der Waals surface area contributed by atoms with Crippen molar-refractivity contribution >= 4 is 31.9 Å². The maximum absolute atomic E-state index is 13.5. The van der Waals surface area contributed by atoms with Gasteiger partial charge in [-0.2, -0.15) is 0 Å². The van der Waals surface area contributed by atoms with Crippen molar-refractivity contribution in [2.45, 2.75) is 11.3 Å². The van der Waals surface area contributed by atoms with Gasteiger partial charge in [0, 0.05) is 19.7 Å². The molecule has 0 fully saturated rings. The molecule has 0 atom stereocenters. The van der Waals surface area contributed by atoms with Crippen molar-refractivity contribution in [3.05, 3.63) is 28.2 Å². The lowest BCUT2D eigenvalue weighted by Gasteiger charge is -2.16. The van der Waals surface area contributed by atoms with Gasteiger partial charge >= 0.3 is 5.97 Å². The largest absolute Gasteiger partial charge is 0.481 e. The van der Waals surface area contributed by atoms with E-state index in [2.05, 4.69) is 15.9 Å². The minimum atomic E-state index is -4.21. The molecule has 0 heterocycles. The third-order valence-electron chi connectivity index (χ3n) is 2.30. The molecule has 1 N–H and O–H groups in total. The number of rotatable bonds is 5. The van der Waals surface area contributed by atoms with Crippen LogP contribution in [0.2, 0.25) is 0 Å². The molecule has 0 aliphatic heterocycles. The molecule has 9 heteroatoms. The second kappa shape index (κ2) is 5.93.